The Kier molecular flexibility index (Phi) is 7.33. The van der Waals surface area contributed by atoms with E-state index in [0.717, 1.165) is 12.6 Å². The van der Waals surface area contributed by atoms with E-state index >= 15 is 0 Å². The van der Waals surface area contributed by atoms with Crippen LogP contribution in [0.15, 0.2) is 30.3 Å². The molecule has 2 rings (SSSR count). The second-order valence-electron chi connectivity index (χ2n) is 4.94. The second-order valence-corrected chi connectivity index (χ2v) is 4.94. The van der Waals surface area contributed by atoms with Crippen molar-refractivity contribution in [1.82, 2.24) is 10.2 Å². The first kappa shape index (κ1) is 15.5. The van der Waals surface area contributed by atoms with Gasteiger partial charge in [-0.15, -0.1) is 12.4 Å². The number of nitrogens with zero attached hydrogens (tertiary/aromatic N) is 1. The third-order valence-electron chi connectivity index (χ3n) is 3.56. The van der Waals surface area contributed by atoms with Crippen LogP contribution in [-0.4, -0.2) is 30.6 Å². The molecule has 0 atom stereocenters. The number of nitrogens with one attached hydrogen (secondary N) is 1. The Morgan fingerprint density at radius 1 is 1.17 bits per heavy atom. The maximum absolute atomic E-state index is 3.45. The van der Waals surface area contributed by atoms with Gasteiger partial charge in [-0.3, -0.25) is 4.90 Å². The van der Waals surface area contributed by atoms with Crippen molar-refractivity contribution >= 4 is 12.4 Å². The molecule has 0 spiro atoms. The molecular formula is C15H25ClN2. The van der Waals surface area contributed by atoms with Crippen LogP contribution < -0.4 is 5.32 Å². The molecule has 1 saturated heterocycles. The van der Waals surface area contributed by atoms with Crippen LogP contribution in [0, 0.1) is 0 Å². The summed E-state index contributed by atoms with van der Waals surface area (Å²) in [5.74, 6) is 0. The van der Waals surface area contributed by atoms with E-state index in [2.05, 4.69) is 47.5 Å². The Hall–Kier alpha value is -0.570. The molecule has 102 valence electrons. The molecule has 1 fully saturated rings. The maximum atomic E-state index is 3.45. The number of benzene rings is 1. The summed E-state index contributed by atoms with van der Waals surface area (Å²) >= 11 is 0. The lowest BCUT2D eigenvalue weighted by molar-refractivity contribution is 0.154. The molecule has 3 heteroatoms. The highest BCUT2D eigenvalue weighted by atomic mass is 35.5. The summed E-state index contributed by atoms with van der Waals surface area (Å²) in [5, 5.41) is 3.45. The topological polar surface area (TPSA) is 15.3 Å². The van der Waals surface area contributed by atoms with Crippen LogP contribution in [-0.2, 0) is 6.54 Å². The summed E-state index contributed by atoms with van der Waals surface area (Å²) in [6, 6.07) is 11.6. The highest BCUT2D eigenvalue weighted by Crippen LogP contribution is 2.15. The van der Waals surface area contributed by atoms with Crippen LogP contribution in [0.25, 0.3) is 0 Å². The fourth-order valence-corrected chi connectivity index (χ4v) is 2.67. The molecule has 1 aliphatic rings. The van der Waals surface area contributed by atoms with Gasteiger partial charge in [0, 0.05) is 12.6 Å². The first-order chi connectivity index (χ1) is 8.40. The zero-order valence-corrected chi connectivity index (χ0v) is 12.1. The zero-order valence-electron chi connectivity index (χ0n) is 11.3. The number of piperidine rings is 1. The van der Waals surface area contributed by atoms with Crippen molar-refractivity contribution in [2.75, 3.05) is 19.6 Å². The van der Waals surface area contributed by atoms with Crippen LogP contribution in [0.2, 0.25) is 0 Å². The number of hydrogen-bond acceptors (Lipinski definition) is 2. The fourth-order valence-electron chi connectivity index (χ4n) is 2.67. The Bertz CT molecular complexity index is 310. The molecule has 1 aromatic carbocycles. The minimum atomic E-state index is 0. The Labute approximate surface area is 117 Å². The van der Waals surface area contributed by atoms with E-state index in [-0.39, 0.29) is 12.4 Å². The van der Waals surface area contributed by atoms with Crippen molar-refractivity contribution < 1.29 is 0 Å². The van der Waals surface area contributed by atoms with Crippen molar-refractivity contribution in [3.8, 4) is 0 Å². The molecule has 18 heavy (non-hydrogen) atoms. The number of hydrogen-bond donors (Lipinski definition) is 1. The molecule has 0 unspecified atom stereocenters. The molecule has 1 aromatic rings. The van der Waals surface area contributed by atoms with E-state index in [1.807, 2.05) is 0 Å². The second kappa shape index (κ2) is 8.52. The average molecular weight is 269 g/mol. The Morgan fingerprint density at radius 2 is 1.83 bits per heavy atom. The summed E-state index contributed by atoms with van der Waals surface area (Å²) in [6.07, 6.45) is 3.84. The van der Waals surface area contributed by atoms with Crippen molar-refractivity contribution in [3.05, 3.63) is 35.9 Å². The fraction of sp³-hybridized carbons (Fsp3) is 0.600. The van der Waals surface area contributed by atoms with Crippen LogP contribution in [0.1, 0.15) is 31.7 Å². The van der Waals surface area contributed by atoms with E-state index in [4.69, 9.17) is 0 Å². The molecule has 1 heterocycles. The summed E-state index contributed by atoms with van der Waals surface area (Å²) < 4.78 is 0. The molecular weight excluding hydrogens is 244 g/mol. The standard InChI is InChI=1S/C15H24N2.ClH/c1-2-12-17(15-8-10-16-11-9-15)13-14-6-4-3-5-7-14;/h3-7,15-16H,2,8-13H2,1H3;1H. The van der Waals surface area contributed by atoms with Gasteiger partial charge in [0.25, 0.3) is 0 Å². The van der Waals surface area contributed by atoms with Crippen molar-refractivity contribution in [3.63, 3.8) is 0 Å². The largest absolute Gasteiger partial charge is 0.317 e. The highest BCUT2D eigenvalue weighted by Gasteiger charge is 2.20. The van der Waals surface area contributed by atoms with Gasteiger partial charge in [0.05, 0.1) is 0 Å². The summed E-state index contributed by atoms with van der Waals surface area (Å²) in [7, 11) is 0. The molecule has 0 aromatic heterocycles. The normalized spacial score (nSPS) is 16.6. The van der Waals surface area contributed by atoms with Crippen molar-refractivity contribution in [1.29, 1.82) is 0 Å². The van der Waals surface area contributed by atoms with Crippen LogP contribution in [0.3, 0.4) is 0 Å². The maximum Gasteiger partial charge on any atom is 0.0236 e. The molecule has 0 aliphatic carbocycles. The quantitative estimate of drug-likeness (QED) is 0.883. The lowest BCUT2D eigenvalue weighted by Crippen LogP contribution is -2.43. The van der Waals surface area contributed by atoms with E-state index < -0.39 is 0 Å². The van der Waals surface area contributed by atoms with Crippen LogP contribution in [0.5, 0.6) is 0 Å². The van der Waals surface area contributed by atoms with Crippen molar-refractivity contribution in [2.24, 2.45) is 0 Å². The molecule has 1 N–H and O–H groups in total. The Balaban J connectivity index is 0.00000162. The van der Waals surface area contributed by atoms with Gasteiger partial charge in [-0.05, 0) is 44.5 Å². The van der Waals surface area contributed by atoms with Gasteiger partial charge in [0.2, 0.25) is 0 Å². The lowest BCUT2D eigenvalue weighted by atomic mass is 10.0. The molecule has 0 radical (unpaired) electrons. The van der Waals surface area contributed by atoms with Crippen LogP contribution >= 0.6 is 12.4 Å². The monoisotopic (exact) mass is 268 g/mol. The van der Waals surface area contributed by atoms with Gasteiger partial charge in [-0.1, -0.05) is 37.3 Å². The first-order valence-electron chi connectivity index (χ1n) is 6.89. The summed E-state index contributed by atoms with van der Waals surface area (Å²) in [4.78, 5) is 2.66. The van der Waals surface area contributed by atoms with E-state index in [1.165, 1.54) is 44.5 Å². The zero-order chi connectivity index (χ0) is 11.9. The molecule has 0 bridgehead atoms. The van der Waals surface area contributed by atoms with Crippen LogP contribution in [0.4, 0.5) is 0 Å². The van der Waals surface area contributed by atoms with E-state index in [9.17, 15) is 0 Å². The molecule has 0 saturated carbocycles. The summed E-state index contributed by atoms with van der Waals surface area (Å²) in [5.41, 5.74) is 1.44. The SMILES string of the molecule is CCCN(Cc1ccccc1)C1CCNCC1.Cl. The third kappa shape index (κ3) is 4.60. The molecule has 1 aliphatic heterocycles. The number of halogens is 1. The molecule has 2 nitrogen and oxygen atoms in total. The van der Waals surface area contributed by atoms with Crippen molar-refractivity contribution in [2.45, 2.75) is 38.8 Å². The van der Waals surface area contributed by atoms with Gasteiger partial charge >= 0.3 is 0 Å². The molecule has 0 amide bonds. The minimum Gasteiger partial charge on any atom is -0.317 e. The van der Waals surface area contributed by atoms with E-state index in [0.29, 0.717) is 0 Å². The smallest absolute Gasteiger partial charge is 0.0236 e. The minimum absolute atomic E-state index is 0. The van der Waals surface area contributed by atoms with Gasteiger partial charge in [0.15, 0.2) is 0 Å². The number of rotatable bonds is 5. The predicted octanol–water partition coefficient (Wildman–Crippen LogP) is 3.07. The van der Waals surface area contributed by atoms with Gasteiger partial charge < -0.3 is 5.32 Å². The Morgan fingerprint density at radius 3 is 2.44 bits per heavy atom. The van der Waals surface area contributed by atoms with Gasteiger partial charge in [0.1, 0.15) is 0 Å². The lowest BCUT2D eigenvalue weighted by Gasteiger charge is -2.34. The third-order valence-corrected chi connectivity index (χ3v) is 3.56. The van der Waals surface area contributed by atoms with E-state index in [1.54, 1.807) is 0 Å². The highest BCUT2D eigenvalue weighted by molar-refractivity contribution is 5.85. The predicted molar refractivity (Wildman–Crippen MR) is 80.3 cm³/mol. The average Bonchev–Trinajstić information content (AvgIpc) is 2.40. The van der Waals surface area contributed by atoms with Gasteiger partial charge in [-0.2, -0.15) is 0 Å². The summed E-state index contributed by atoms with van der Waals surface area (Å²) in [6.45, 7) is 6.97. The van der Waals surface area contributed by atoms with Gasteiger partial charge in [-0.25, -0.2) is 0 Å². The first-order valence-corrected chi connectivity index (χ1v) is 6.89.